The summed E-state index contributed by atoms with van der Waals surface area (Å²) in [6, 6.07) is 9.82. The van der Waals surface area contributed by atoms with Crippen LogP contribution in [-0.4, -0.2) is 12.1 Å². The highest BCUT2D eigenvalue weighted by atomic mass is 79.9. The quantitative estimate of drug-likeness (QED) is 0.605. The number of hydrogen-bond donors (Lipinski definition) is 1. The van der Waals surface area contributed by atoms with Crippen molar-refractivity contribution in [1.29, 1.82) is 0 Å². The average Bonchev–Trinajstić information content (AvgIpc) is 2.37. The van der Waals surface area contributed by atoms with Crippen molar-refractivity contribution in [1.82, 2.24) is 5.32 Å². The molecule has 0 aromatic heterocycles. The van der Waals surface area contributed by atoms with Crippen molar-refractivity contribution in [3.05, 3.63) is 34.3 Å². The molecule has 108 valence electrons. The monoisotopic (exact) mass is 325 g/mol. The van der Waals surface area contributed by atoms with Crippen LogP contribution in [0.2, 0.25) is 0 Å². The predicted molar refractivity (Wildman–Crippen MR) is 88.7 cm³/mol. The van der Waals surface area contributed by atoms with Crippen molar-refractivity contribution in [3.8, 4) is 0 Å². The smallest absolute Gasteiger partial charge is 0.0175 e. The van der Waals surface area contributed by atoms with Gasteiger partial charge in [0.15, 0.2) is 0 Å². The van der Waals surface area contributed by atoms with Crippen molar-refractivity contribution >= 4 is 15.9 Å². The highest BCUT2D eigenvalue weighted by molar-refractivity contribution is 9.10. The summed E-state index contributed by atoms with van der Waals surface area (Å²) in [6.07, 6.45) is 7.83. The van der Waals surface area contributed by atoms with Crippen molar-refractivity contribution in [3.63, 3.8) is 0 Å². The lowest BCUT2D eigenvalue weighted by atomic mass is 10.0. The zero-order valence-corrected chi connectivity index (χ0v) is 14.2. The summed E-state index contributed by atoms with van der Waals surface area (Å²) in [5.74, 6) is 0. The Morgan fingerprint density at radius 2 is 1.68 bits per heavy atom. The molecule has 0 spiro atoms. The minimum atomic E-state index is 0.544. The van der Waals surface area contributed by atoms with Crippen molar-refractivity contribution in [2.45, 2.75) is 71.4 Å². The van der Waals surface area contributed by atoms with E-state index in [1.165, 1.54) is 37.7 Å². The third-order valence-electron chi connectivity index (χ3n) is 3.51. The van der Waals surface area contributed by atoms with Gasteiger partial charge < -0.3 is 5.32 Å². The molecule has 2 atom stereocenters. The molecule has 1 nitrogen and oxygen atoms in total. The van der Waals surface area contributed by atoms with Crippen LogP contribution >= 0.6 is 15.9 Å². The van der Waals surface area contributed by atoms with Gasteiger partial charge in [-0.3, -0.25) is 0 Å². The van der Waals surface area contributed by atoms with Gasteiger partial charge in [0.2, 0.25) is 0 Å². The lowest BCUT2D eigenvalue weighted by Gasteiger charge is -2.20. The van der Waals surface area contributed by atoms with Crippen LogP contribution in [0.3, 0.4) is 0 Å². The van der Waals surface area contributed by atoms with Crippen LogP contribution in [0.25, 0.3) is 0 Å². The molecular weight excluding hydrogens is 298 g/mol. The number of halogens is 1. The fourth-order valence-electron chi connectivity index (χ4n) is 2.48. The molecule has 1 rings (SSSR count). The second kappa shape index (κ2) is 9.55. The highest BCUT2D eigenvalue weighted by Crippen LogP contribution is 2.12. The van der Waals surface area contributed by atoms with Gasteiger partial charge in [-0.25, -0.2) is 0 Å². The highest BCUT2D eigenvalue weighted by Gasteiger charge is 2.08. The lowest BCUT2D eigenvalue weighted by molar-refractivity contribution is 0.428. The van der Waals surface area contributed by atoms with Crippen LogP contribution in [0.4, 0.5) is 0 Å². The number of rotatable bonds is 9. The molecule has 0 amide bonds. The molecule has 0 radical (unpaired) electrons. The molecule has 0 aliphatic heterocycles. The van der Waals surface area contributed by atoms with Gasteiger partial charge >= 0.3 is 0 Å². The molecule has 1 aromatic rings. The van der Waals surface area contributed by atoms with Crippen LogP contribution in [0.15, 0.2) is 28.7 Å². The summed E-state index contributed by atoms with van der Waals surface area (Å²) in [4.78, 5) is 0. The van der Waals surface area contributed by atoms with E-state index in [0.29, 0.717) is 12.1 Å². The van der Waals surface area contributed by atoms with Gasteiger partial charge in [-0.1, -0.05) is 60.7 Å². The van der Waals surface area contributed by atoms with Gasteiger partial charge in [-0.05, 0) is 44.4 Å². The molecule has 1 aromatic carbocycles. The Morgan fingerprint density at radius 3 is 2.32 bits per heavy atom. The van der Waals surface area contributed by atoms with Gasteiger partial charge in [0.05, 0.1) is 0 Å². The van der Waals surface area contributed by atoms with Crippen LogP contribution < -0.4 is 5.32 Å². The van der Waals surface area contributed by atoms with Crippen LogP contribution in [-0.2, 0) is 6.42 Å². The number of unbranched alkanes of at least 4 members (excludes halogenated alkanes) is 3. The summed E-state index contributed by atoms with van der Waals surface area (Å²) in [5, 5.41) is 3.71. The van der Waals surface area contributed by atoms with E-state index in [2.05, 4.69) is 66.3 Å². The summed E-state index contributed by atoms with van der Waals surface area (Å²) in [5.41, 5.74) is 1.40. The van der Waals surface area contributed by atoms with E-state index < -0.39 is 0 Å². The second-order valence-electron chi connectivity index (χ2n) is 5.65. The Bertz CT molecular complexity index is 334. The molecule has 2 heteroatoms. The molecule has 1 N–H and O–H groups in total. The zero-order valence-electron chi connectivity index (χ0n) is 12.6. The molecule has 0 aliphatic carbocycles. The van der Waals surface area contributed by atoms with Gasteiger partial charge in [0.25, 0.3) is 0 Å². The van der Waals surface area contributed by atoms with Crippen LogP contribution in [0.1, 0.15) is 58.4 Å². The summed E-state index contributed by atoms with van der Waals surface area (Å²) >= 11 is 3.48. The molecule has 2 unspecified atom stereocenters. The Hall–Kier alpha value is -0.340. The third-order valence-corrected chi connectivity index (χ3v) is 4.04. The van der Waals surface area contributed by atoms with Crippen molar-refractivity contribution in [2.24, 2.45) is 0 Å². The number of hydrogen-bond acceptors (Lipinski definition) is 1. The van der Waals surface area contributed by atoms with Gasteiger partial charge in [-0.15, -0.1) is 0 Å². The van der Waals surface area contributed by atoms with Crippen molar-refractivity contribution < 1.29 is 0 Å². The Balaban J connectivity index is 2.22. The van der Waals surface area contributed by atoms with E-state index in [-0.39, 0.29) is 0 Å². The van der Waals surface area contributed by atoms with Gasteiger partial charge in [0, 0.05) is 16.6 Å². The van der Waals surface area contributed by atoms with Crippen LogP contribution in [0.5, 0.6) is 0 Å². The molecule has 0 aliphatic rings. The van der Waals surface area contributed by atoms with E-state index >= 15 is 0 Å². The third kappa shape index (κ3) is 7.74. The van der Waals surface area contributed by atoms with E-state index in [0.717, 1.165) is 10.9 Å². The summed E-state index contributed by atoms with van der Waals surface area (Å²) < 4.78 is 1.15. The first kappa shape index (κ1) is 16.7. The lowest BCUT2D eigenvalue weighted by Crippen LogP contribution is -2.35. The van der Waals surface area contributed by atoms with Gasteiger partial charge in [-0.2, -0.15) is 0 Å². The molecule has 0 saturated heterocycles. The standard InChI is InChI=1S/C17H28BrN/c1-4-5-6-7-8-14(2)19-15(3)13-16-9-11-17(18)12-10-16/h9-12,14-15,19H,4-8,13H2,1-3H3. The van der Waals surface area contributed by atoms with Crippen molar-refractivity contribution in [2.75, 3.05) is 0 Å². The van der Waals surface area contributed by atoms with E-state index in [1.807, 2.05) is 0 Å². The van der Waals surface area contributed by atoms with E-state index in [9.17, 15) is 0 Å². The molecule has 0 saturated carbocycles. The Kier molecular flexibility index (Phi) is 8.40. The maximum atomic E-state index is 3.71. The maximum Gasteiger partial charge on any atom is 0.0175 e. The summed E-state index contributed by atoms with van der Waals surface area (Å²) in [7, 11) is 0. The summed E-state index contributed by atoms with van der Waals surface area (Å²) in [6.45, 7) is 6.86. The maximum absolute atomic E-state index is 3.71. The first-order valence-electron chi connectivity index (χ1n) is 7.62. The van der Waals surface area contributed by atoms with E-state index in [1.54, 1.807) is 0 Å². The normalized spacial score (nSPS) is 14.3. The SMILES string of the molecule is CCCCCCC(C)NC(C)Cc1ccc(Br)cc1. The molecule has 19 heavy (non-hydrogen) atoms. The fraction of sp³-hybridized carbons (Fsp3) is 0.647. The largest absolute Gasteiger partial charge is 0.311 e. The first-order valence-corrected chi connectivity index (χ1v) is 8.41. The van der Waals surface area contributed by atoms with Gasteiger partial charge in [0.1, 0.15) is 0 Å². The topological polar surface area (TPSA) is 12.0 Å². The minimum Gasteiger partial charge on any atom is -0.311 e. The zero-order chi connectivity index (χ0) is 14.1. The fourth-order valence-corrected chi connectivity index (χ4v) is 2.74. The Labute approximate surface area is 127 Å². The van der Waals surface area contributed by atoms with E-state index in [4.69, 9.17) is 0 Å². The molecule has 0 bridgehead atoms. The average molecular weight is 326 g/mol. The molecule has 0 fully saturated rings. The molecule has 0 heterocycles. The number of benzene rings is 1. The minimum absolute atomic E-state index is 0.544. The second-order valence-corrected chi connectivity index (χ2v) is 6.56. The molecular formula is C17H28BrN. The Morgan fingerprint density at radius 1 is 1.00 bits per heavy atom. The van der Waals surface area contributed by atoms with Crippen LogP contribution in [0, 0.1) is 0 Å². The predicted octanol–water partition coefficient (Wildman–Crippen LogP) is 5.33. The number of nitrogens with one attached hydrogen (secondary N) is 1. The first-order chi connectivity index (χ1) is 9.11.